The first-order valence-electron chi connectivity index (χ1n) is 11.8. The largest absolute Gasteiger partial charge is 0.385 e. The van der Waals surface area contributed by atoms with Gasteiger partial charge in [-0.05, 0) is 67.2 Å². The van der Waals surface area contributed by atoms with Crippen molar-refractivity contribution >= 4 is 28.7 Å². The molecule has 0 unspecified atom stereocenters. The lowest BCUT2D eigenvalue weighted by Crippen LogP contribution is -2.32. The number of hydrogen-bond donors (Lipinski definition) is 2. The number of rotatable bonds is 9. The minimum Gasteiger partial charge on any atom is -0.385 e. The van der Waals surface area contributed by atoms with Gasteiger partial charge < -0.3 is 20.1 Å². The van der Waals surface area contributed by atoms with Crippen LogP contribution in [0.1, 0.15) is 29.9 Å². The second kappa shape index (κ2) is 10.6. The number of non-ortho nitro benzene ring substituents is 1. The number of hydrogen-bond acceptors (Lipinski definition) is 5. The minimum absolute atomic E-state index is 0.0649. The fourth-order valence-corrected chi connectivity index (χ4v) is 4.94. The highest BCUT2D eigenvalue weighted by molar-refractivity contribution is 7.80. The van der Waals surface area contributed by atoms with Gasteiger partial charge in [-0.3, -0.25) is 15.1 Å². The summed E-state index contributed by atoms with van der Waals surface area (Å²) in [7, 11) is 0. The first-order chi connectivity index (χ1) is 17.6. The zero-order valence-electron chi connectivity index (χ0n) is 19.5. The standard InChI is InChI=1S/C27H26N6O2S/c34-33(35)22-14-12-21(13-15-22)31-18-6-11-24(31)26-25(23-10-4-5-16-29-23)30-27(36)32(26)19-7-17-28-20-8-2-1-3-9-20/h1-6,8-16,18,25-26,28H,7,17,19H2,(H,30,36)/t25-,26-/m0/s1. The summed E-state index contributed by atoms with van der Waals surface area (Å²) in [5.41, 5.74) is 3.95. The third kappa shape index (κ3) is 4.92. The van der Waals surface area contributed by atoms with Crippen LogP contribution in [0.2, 0.25) is 0 Å². The van der Waals surface area contributed by atoms with Crippen molar-refractivity contribution in [2.75, 3.05) is 18.4 Å². The minimum atomic E-state index is -0.387. The number of pyridine rings is 1. The maximum absolute atomic E-state index is 11.1. The molecule has 182 valence electrons. The Morgan fingerprint density at radius 1 is 1.00 bits per heavy atom. The molecule has 1 aliphatic heterocycles. The van der Waals surface area contributed by atoms with Crippen molar-refractivity contribution in [2.45, 2.75) is 18.5 Å². The average Bonchev–Trinajstić information content (AvgIpc) is 3.52. The molecule has 1 saturated heterocycles. The fraction of sp³-hybridized carbons (Fsp3) is 0.185. The summed E-state index contributed by atoms with van der Waals surface area (Å²) in [6, 6.07) is 26.5. The highest BCUT2D eigenvalue weighted by Crippen LogP contribution is 2.39. The second-order valence-corrected chi connectivity index (χ2v) is 8.93. The molecule has 9 heteroatoms. The van der Waals surface area contributed by atoms with Crippen molar-refractivity contribution in [3.63, 3.8) is 0 Å². The smallest absolute Gasteiger partial charge is 0.269 e. The molecule has 0 amide bonds. The average molecular weight is 499 g/mol. The van der Waals surface area contributed by atoms with Crippen LogP contribution in [0.15, 0.2) is 97.3 Å². The molecule has 2 aromatic heterocycles. The fourth-order valence-electron chi connectivity index (χ4n) is 4.61. The summed E-state index contributed by atoms with van der Waals surface area (Å²) in [6.45, 7) is 1.57. The number of nitrogens with zero attached hydrogens (tertiary/aromatic N) is 4. The monoisotopic (exact) mass is 498 g/mol. The van der Waals surface area contributed by atoms with Crippen LogP contribution in [0, 0.1) is 10.1 Å². The van der Waals surface area contributed by atoms with Crippen molar-refractivity contribution in [3.05, 3.63) is 119 Å². The maximum atomic E-state index is 11.1. The first kappa shape index (κ1) is 23.5. The lowest BCUT2D eigenvalue weighted by atomic mass is 10.0. The SMILES string of the molecule is O=[N+]([O-])c1ccc(-n2cccc2[C@H]2[C@H](c3ccccn3)NC(=S)N2CCCNc2ccccc2)cc1. The van der Waals surface area contributed by atoms with Gasteiger partial charge in [-0.15, -0.1) is 0 Å². The van der Waals surface area contributed by atoms with Gasteiger partial charge in [-0.2, -0.15) is 0 Å². The van der Waals surface area contributed by atoms with Crippen LogP contribution in [0.25, 0.3) is 5.69 Å². The number of aromatic nitrogens is 2. The summed E-state index contributed by atoms with van der Waals surface area (Å²) >= 11 is 5.80. The summed E-state index contributed by atoms with van der Waals surface area (Å²) < 4.78 is 2.06. The Morgan fingerprint density at radius 3 is 2.50 bits per heavy atom. The van der Waals surface area contributed by atoms with Crippen LogP contribution >= 0.6 is 12.2 Å². The van der Waals surface area contributed by atoms with E-state index in [-0.39, 0.29) is 22.7 Å². The molecule has 8 nitrogen and oxygen atoms in total. The normalized spacial score (nSPS) is 17.1. The van der Waals surface area contributed by atoms with Gasteiger partial charge in [0, 0.05) is 54.7 Å². The van der Waals surface area contributed by atoms with Crippen molar-refractivity contribution < 1.29 is 4.92 Å². The molecule has 1 aliphatic rings. The van der Waals surface area contributed by atoms with E-state index in [1.165, 1.54) is 12.1 Å². The Hall–Kier alpha value is -4.24. The Bertz CT molecular complexity index is 1330. The van der Waals surface area contributed by atoms with Crippen molar-refractivity contribution in [1.29, 1.82) is 0 Å². The lowest BCUT2D eigenvalue weighted by Gasteiger charge is -2.29. The summed E-state index contributed by atoms with van der Waals surface area (Å²) in [6.07, 6.45) is 4.65. The van der Waals surface area contributed by atoms with E-state index >= 15 is 0 Å². The molecule has 0 radical (unpaired) electrons. The number of thiocarbonyl (C=S) groups is 1. The van der Waals surface area contributed by atoms with E-state index in [1.54, 1.807) is 18.3 Å². The van der Waals surface area contributed by atoms with Gasteiger partial charge in [0.2, 0.25) is 0 Å². The number of nitro groups is 1. The Labute approximate surface area is 214 Å². The molecular weight excluding hydrogens is 472 g/mol. The van der Waals surface area contributed by atoms with Gasteiger partial charge in [0.25, 0.3) is 5.69 Å². The number of anilines is 1. The van der Waals surface area contributed by atoms with Crippen LogP contribution in [-0.2, 0) is 0 Å². The molecule has 36 heavy (non-hydrogen) atoms. The summed E-state index contributed by atoms with van der Waals surface area (Å²) in [5, 5.41) is 18.8. The van der Waals surface area contributed by atoms with Crippen molar-refractivity contribution in [1.82, 2.24) is 19.8 Å². The second-order valence-electron chi connectivity index (χ2n) is 8.54. The molecule has 2 N–H and O–H groups in total. The van der Waals surface area contributed by atoms with E-state index in [1.807, 2.05) is 48.7 Å². The molecule has 0 saturated carbocycles. The van der Waals surface area contributed by atoms with E-state index in [0.29, 0.717) is 5.11 Å². The third-order valence-corrected chi connectivity index (χ3v) is 6.65. The first-order valence-corrected chi connectivity index (χ1v) is 12.2. The van der Waals surface area contributed by atoms with Gasteiger partial charge in [0.1, 0.15) is 0 Å². The third-order valence-electron chi connectivity index (χ3n) is 6.30. The molecule has 1 fully saturated rings. The topological polar surface area (TPSA) is 88.3 Å². The molecule has 0 spiro atoms. The zero-order valence-corrected chi connectivity index (χ0v) is 20.3. The van der Waals surface area contributed by atoms with Gasteiger partial charge in [-0.1, -0.05) is 24.3 Å². The maximum Gasteiger partial charge on any atom is 0.269 e. The number of para-hydroxylation sites is 1. The van der Waals surface area contributed by atoms with Gasteiger partial charge in [-0.25, -0.2) is 0 Å². The van der Waals surface area contributed by atoms with Crippen LogP contribution in [0.3, 0.4) is 0 Å². The van der Waals surface area contributed by atoms with E-state index in [2.05, 4.69) is 43.3 Å². The Kier molecular flexibility index (Phi) is 6.90. The number of nitrogens with one attached hydrogen (secondary N) is 2. The van der Waals surface area contributed by atoms with Crippen molar-refractivity contribution in [3.8, 4) is 5.69 Å². The number of benzene rings is 2. The van der Waals surface area contributed by atoms with Gasteiger partial charge >= 0.3 is 0 Å². The van der Waals surface area contributed by atoms with Crippen molar-refractivity contribution in [2.24, 2.45) is 0 Å². The van der Waals surface area contributed by atoms with Gasteiger partial charge in [0.15, 0.2) is 5.11 Å². The number of nitro benzene ring substituents is 1. The molecule has 5 rings (SSSR count). The van der Waals surface area contributed by atoms with E-state index < -0.39 is 0 Å². The highest BCUT2D eigenvalue weighted by atomic mass is 32.1. The van der Waals surface area contributed by atoms with E-state index in [9.17, 15) is 10.1 Å². The summed E-state index contributed by atoms with van der Waals surface area (Å²) in [5.74, 6) is 0. The quantitative estimate of drug-likeness (QED) is 0.141. The van der Waals surface area contributed by atoms with E-state index in [0.717, 1.165) is 42.3 Å². The summed E-state index contributed by atoms with van der Waals surface area (Å²) in [4.78, 5) is 17.6. The van der Waals surface area contributed by atoms with E-state index in [4.69, 9.17) is 12.2 Å². The molecule has 0 bridgehead atoms. The molecule has 3 heterocycles. The van der Waals surface area contributed by atoms with Crippen LogP contribution in [0.4, 0.5) is 11.4 Å². The molecule has 4 aromatic rings. The van der Waals surface area contributed by atoms with Crippen LogP contribution in [0.5, 0.6) is 0 Å². The predicted molar refractivity (Wildman–Crippen MR) is 144 cm³/mol. The Morgan fingerprint density at radius 2 is 1.78 bits per heavy atom. The highest BCUT2D eigenvalue weighted by Gasteiger charge is 2.40. The molecule has 2 aromatic carbocycles. The van der Waals surface area contributed by atoms with Crippen LogP contribution < -0.4 is 10.6 Å². The van der Waals surface area contributed by atoms with Gasteiger partial charge in [0.05, 0.1) is 22.7 Å². The predicted octanol–water partition coefficient (Wildman–Crippen LogP) is 5.26. The molecule has 2 atom stereocenters. The van der Waals surface area contributed by atoms with Crippen LogP contribution in [-0.4, -0.2) is 37.6 Å². The lowest BCUT2D eigenvalue weighted by molar-refractivity contribution is -0.384. The zero-order chi connectivity index (χ0) is 24.9. The molecule has 0 aliphatic carbocycles. The molecular formula is C27H26N6O2S. The Balaban J connectivity index is 1.42.